The summed E-state index contributed by atoms with van der Waals surface area (Å²) in [5.41, 5.74) is 1.23. The number of para-hydroxylation sites is 1. The number of benzene rings is 3. The first-order valence-corrected chi connectivity index (χ1v) is 12.6. The molecule has 0 aliphatic heterocycles. The molecule has 40 heavy (non-hydrogen) atoms. The fourth-order valence-corrected chi connectivity index (χ4v) is 4.27. The van der Waals surface area contributed by atoms with Crippen LogP contribution < -0.4 is 19.8 Å². The van der Waals surface area contributed by atoms with E-state index < -0.39 is 5.97 Å². The summed E-state index contributed by atoms with van der Waals surface area (Å²) in [5.74, 6) is 0.838. The van der Waals surface area contributed by atoms with Gasteiger partial charge in [-0.1, -0.05) is 23.7 Å². The Morgan fingerprint density at radius 1 is 1.07 bits per heavy atom. The van der Waals surface area contributed by atoms with Crippen LogP contribution in [-0.2, 0) is 9.53 Å². The Morgan fingerprint density at radius 2 is 1.82 bits per heavy atom. The summed E-state index contributed by atoms with van der Waals surface area (Å²) in [7, 11) is 2.91. The highest BCUT2D eigenvalue weighted by molar-refractivity contribution is 6.31. The monoisotopic (exact) mass is 561 g/mol. The fraction of sp³-hybridized carbons (Fsp3) is 0.172. The van der Waals surface area contributed by atoms with Gasteiger partial charge in [-0.25, -0.2) is 9.78 Å². The molecule has 204 valence electrons. The minimum atomic E-state index is -0.527. The van der Waals surface area contributed by atoms with Crippen LogP contribution in [0, 0.1) is 0 Å². The number of methoxy groups -OCH3 is 2. The van der Waals surface area contributed by atoms with Crippen LogP contribution in [0.4, 0.5) is 0 Å². The standard InChI is InChI=1S/C29H24ClN3O7/c1-4-38-26(34)16-39-27-23(36-2)11-17(12-24(27)37-3)15-31-33-28(32-21-8-6-5-7-20(21)29(33)35)25-14-18-13-19(30)9-10-22(18)40-25/h5-15H,4,16H2,1-3H3. The Hall–Kier alpha value is -4.83. The fourth-order valence-electron chi connectivity index (χ4n) is 4.09. The first kappa shape index (κ1) is 26.8. The topological polar surface area (TPSA) is 114 Å². The number of carbonyl (C=O) groups is 1. The van der Waals surface area contributed by atoms with Crippen LogP contribution in [0.2, 0.25) is 5.02 Å². The van der Waals surface area contributed by atoms with Gasteiger partial charge in [0.05, 0.1) is 37.9 Å². The summed E-state index contributed by atoms with van der Waals surface area (Å²) in [6, 6.07) is 17.2. The molecule has 2 heterocycles. The smallest absolute Gasteiger partial charge is 0.344 e. The maximum absolute atomic E-state index is 13.5. The molecular weight excluding hydrogens is 538 g/mol. The number of aromatic nitrogens is 2. The lowest BCUT2D eigenvalue weighted by atomic mass is 10.2. The van der Waals surface area contributed by atoms with Crippen LogP contribution in [0.15, 0.2) is 75.0 Å². The van der Waals surface area contributed by atoms with Crippen molar-refractivity contribution in [1.29, 1.82) is 0 Å². The Bertz CT molecular complexity index is 1780. The molecule has 0 fully saturated rings. The van der Waals surface area contributed by atoms with Gasteiger partial charge in [0.15, 0.2) is 23.9 Å². The summed E-state index contributed by atoms with van der Waals surface area (Å²) in [6.45, 7) is 1.62. The molecule has 2 aromatic heterocycles. The number of rotatable bonds is 9. The summed E-state index contributed by atoms with van der Waals surface area (Å²) in [4.78, 5) is 30.0. The van der Waals surface area contributed by atoms with Gasteiger partial charge in [0, 0.05) is 16.0 Å². The van der Waals surface area contributed by atoms with E-state index in [9.17, 15) is 9.59 Å². The third kappa shape index (κ3) is 5.34. The summed E-state index contributed by atoms with van der Waals surface area (Å²) in [5, 5.41) is 6.18. The first-order valence-electron chi connectivity index (χ1n) is 12.2. The van der Waals surface area contributed by atoms with Gasteiger partial charge in [0.2, 0.25) is 11.6 Å². The van der Waals surface area contributed by atoms with Gasteiger partial charge < -0.3 is 23.4 Å². The second-order valence-corrected chi connectivity index (χ2v) is 8.89. The number of hydrogen-bond acceptors (Lipinski definition) is 9. The molecule has 5 rings (SSSR count). The zero-order valence-electron chi connectivity index (χ0n) is 21.8. The summed E-state index contributed by atoms with van der Waals surface area (Å²) >= 11 is 6.15. The van der Waals surface area contributed by atoms with E-state index in [1.54, 1.807) is 67.6 Å². The van der Waals surface area contributed by atoms with Gasteiger partial charge in [-0.05, 0) is 55.5 Å². The van der Waals surface area contributed by atoms with Gasteiger partial charge in [-0.15, -0.1) is 0 Å². The van der Waals surface area contributed by atoms with E-state index in [0.717, 1.165) is 5.39 Å². The van der Waals surface area contributed by atoms with E-state index in [2.05, 4.69) is 10.1 Å². The van der Waals surface area contributed by atoms with E-state index in [1.807, 2.05) is 0 Å². The minimum absolute atomic E-state index is 0.209. The largest absolute Gasteiger partial charge is 0.493 e. The molecule has 11 heteroatoms. The summed E-state index contributed by atoms with van der Waals surface area (Å²) < 4.78 is 28.6. The maximum atomic E-state index is 13.5. The quantitative estimate of drug-likeness (QED) is 0.176. The van der Waals surface area contributed by atoms with Gasteiger partial charge in [0.1, 0.15) is 5.58 Å². The Labute approximate surface area is 233 Å². The van der Waals surface area contributed by atoms with E-state index >= 15 is 0 Å². The molecule has 0 atom stereocenters. The van der Waals surface area contributed by atoms with Crippen molar-refractivity contribution in [3.63, 3.8) is 0 Å². The number of halogens is 1. The van der Waals surface area contributed by atoms with Crippen molar-refractivity contribution in [1.82, 2.24) is 9.66 Å². The molecule has 10 nitrogen and oxygen atoms in total. The van der Waals surface area contributed by atoms with Crippen molar-refractivity contribution in [2.75, 3.05) is 27.4 Å². The van der Waals surface area contributed by atoms with Gasteiger partial charge in [-0.3, -0.25) is 4.79 Å². The van der Waals surface area contributed by atoms with Gasteiger partial charge in [-0.2, -0.15) is 9.78 Å². The van der Waals surface area contributed by atoms with Crippen molar-refractivity contribution >= 4 is 45.7 Å². The Morgan fingerprint density at radius 3 is 2.55 bits per heavy atom. The predicted molar refractivity (Wildman–Crippen MR) is 151 cm³/mol. The maximum Gasteiger partial charge on any atom is 0.344 e. The number of hydrogen-bond donors (Lipinski definition) is 0. The van der Waals surface area contributed by atoms with Crippen molar-refractivity contribution < 1.29 is 28.2 Å². The van der Waals surface area contributed by atoms with Gasteiger partial charge >= 0.3 is 5.97 Å². The lowest BCUT2D eigenvalue weighted by Crippen LogP contribution is -2.20. The van der Waals surface area contributed by atoms with Gasteiger partial charge in [0.25, 0.3) is 5.56 Å². The van der Waals surface area contributed by atoms with Crippen LogP contribution in [0.25, 0.3) is 33.5 Å². The number of carbonyl (C=O) groups excluding carboxylic acids is 1. The average Bonchev–Trinajstić information content (AvgIpc) is 3.38. The molecule has 5 aromatic rings. The molecule has 0 N–H and O–H groups in total. The second kappa shape index (κ2) is 11.5. The van der Waals surface area contributed by atoms with E-state index in [0.29, 0.717) is 44.3 Å². The number of nitrogens with zero attached hydrogens (tertiary/aromatic N) is 3. The molecule has 0 amide bonds. The van der Waals surface area contributed by atoms with Crippen LogP contribution in [0.5, 0.6) is 17.2 Å². The van der Waals surface area contributed by atoms with Crippen molar-refractivity contribution in [2.24, 2.45) is 5.10 Å². The van der Waals surface area contributed by atoms with Crippen molar-refractivity contribution in [2.45, 2.75) is 6.92 Å². The van der Waals surface area contributed by atoms with Crippen LogP contribution in [0.3, 0.4) is 0 Å². The number of ether oxygens (including phenoxy) is 4. The molecule has 0 aliphatic rings. The van der Waals surface area contributed by atoms with Crippen molar-refractivity contribution in [3.05, 3.63) is 81.6 Å². The molecule has 0 saturated carbocycles. The zero-order valence-corrected chi connectivity index (χ0v) is 22.6. The number of furan rings is 1. The van der Waals surface area contributed by atoms with E-state index in [-0.39, 0.29) is 30.3 Å². The average molecular weight is 562 g/mol. The van der Waals surface area contributed by atoms with Crippen LogP contribution >= 0.6 is 11.6 Å². The molecule has 3 aromatic carbocycles. The Balaban J connectivity index is 1.59. The first-order chi connectivity index (χ1) is 19.4. The van der Waals surface area contributed by atoms with Crippen LogP contribution in [0.1, 0.15) is 12.5 Å². The SMILES string of the molecule is CCOC(=O)COc1c(OC)cc(C=Nn2c(-c3cc4cc(Cl)ccc4o3)nc3ccccc3c2=O)cc1OC. The van der Waals surface area contributed by atoms with E-state index in [4.69, 9.17) is 35.0 Å². The molecule has 0 bridgehead atoms. The molecule has 0 aliphatic carbocycles. The third-order valence-electron chi connectivity index (χ3n) is 5.90. The Kier molecular flexibility index (Phi) is 7.70. The molecule has 0 spiro atoms. The highest BCUT2D eigenvalue weighted by atomic mass is 35.5. The third-order valence-corrected chi connectivity index (χ3v) is 6.13. The second-order valence-electron chi connectivity index (χ2n) is 8.46. The molecule has 0 radical (unpaired) electrons. The molecule has 0 saturated heterocycles. The molecular formula is C29H24ClN3O7. The van der Waals surface area contributed by atoms with Crippen LogP contribution in [-0.4, -0.2) is 49.3 Å². The number of esters is 1. The highest BCUT2D eigenvalue weighted by Gasteiger charge is 2.18. The minimum Gasteiger partial charge on any atom is -0.493 e. The lowest BCUT2D eigenvalue weighted by molar-refractivity contribution is -0.145. The molecule has 0 unspecified atom stereocenters. The predicted octanol–water partition coefficient (Wildman–Crippen LogP) is 5.30. The van der Waals surface area contributed by atoms with E-state index in [1.165, 1.54) is 25.1 Å². The normalized spacial score (nSPS) is 11.3. The highest BCUT2D eigenvalue weighted by Crippen LogP contribution is 2.38. The number of fused-ring (bicyclic) bond motifs is 2. The lowest BCUT2D eigenvalue weighted by Gasteiger charge is -2.15. The van der Waals surface area contributed by atoms with Crippen molar-refractivity contribution in [3.8, 4) is 28.8 Å². The summed E-state index contributed by atoms with van der Waals surface area (Å²) in [6.07, 6.45) is 1.46. The zero-order chi connectivity index (χ0) is 28.2.